The molecule has 0 aliphatic heterocycles. The van der Waals surface area contributed by atoms with Gasteiger partial charge in [0.2, 0.25) is 0 Å². The first-order chi connectivity index (χ1) is 12.2. The van der Waals surface area contributed by atoms with E-state index in [4.69, 9.17) is 0 Å². The van der Waals surface area contributed by atoms with Gasteiger partial charge in [-0.15, -0.1) is 0 Å². The van der Waals surface area contributed by atoms with Crippen molar-refractivity contribution in [3.8, 4) is 0 Å². The Morgan fingerprint density at radius 1 is 1.32 bits per heavy atom. The molecule has 0 atom stereocenters. The van der Waals surface area contributed by atoms with Crippen LogP contribution in [-0.2, 0) is 0 Å². The Balaban J connectivity index is 1.94. The average molecular weight is 337 g/mol. The first-order valence-electron chi connectivity index (χ1n) is 8.71. The minimum Gasteiger partial charge on any atom is -0.388 e. The van der Waals surface area contributed by atoms with E-state index in [2.05, 4.69) is 39.7 Å². The van der Waals surface area contributed by atoms with Crippen LogP contribution in [0.3, 0.4) is 0 Å². The minimum atomic E-state index is -0.277. The Kier molecular flexibility index (Phi) is 5.49. The van der Waals surface area contributed by atoms with E-state index in [-0.39, 0.29) is 6.67 Å². The molecule has 25 heavy (non-hydrogen) atoms. The van der Waals surface area contributed by atoms with Crippen LogP contribution >= 0.6 is 0 Å². The summed E-state index contributed by atoms with van der Waals surface area (Å²) in [5.41, 5.74) is 5.63. The molecule has 0 spiro atoms. The monoisotopic (exact) mass is 337 g/mol. The van der Waals surface area contributed by atoms with Crippen LogP contribution < -0.4 is 5.32 Å². The summed E-state index contributed by atoms with van der Waals surface area (Å²) in [4.78, 5) is 4.67. The van der Waals surface area contributed by atoms with Crippen LogP contribution in [0.4, 0.5) is 4.39 Å². The first-order valence-corrected chi connectivity index (χ1v) is 8.71. The third-order valence-electron chi connectivity index (χ3n) is 4.39. The Labute approximate surface area is 148 Å². The van der Waals surface area contributed by atoms with Gasteiger partial charge < -0.3 is 5.32 Å². The fourth-order valence-electron chi connectivity index (χ4n) is 3.20. The molecule has 1 heterocycles. The summed E-state index contributed by atoms with van der Waals surface area (Å²) in [5, 5.41) is 3.31. The number of imidazole rings is 1. The predicted molar refractivity (Wildman–Crippen MR) is 103 cm³/mol. The van der Waals surface area contributed by atoms with Crippen LogP contribution in [0.5, 0.6) is 0 Å². The number of rotatable bonds is 7. The fourth-order valence-corrected chi connectivity index (χ4v) is 3.20. The molecular weight excluding hydrogens is 313 g/mol. The molecule has 1 aromatic heterocycles. The number of halogens is 1. The number of hydrogen-bond acceptors (Lipinski definition) is 2. The molecule has 0 saturated carbocycles. The van der Waals surface area contributed by atoms with Crippen molar-refractivity contribution < 1.29 is 4.39 Å². The van der Waals surface area contributed by atoms with Gasteiger partial charge in [0.05, 0.1) is 23.4 Å². The van der Waals surface area contributed by atoms with Crippen molar-refractivity contribution in [3.63, 3.8) is 0 Å². The van der Waals surface area contributed by atoms with Gasteiger partial charge in [-0.1, -0.05) is 30.9 Å². The summed E-state index contributed by atoms with van der Waals surface area (Å²) < 4.78 is 14.4. The Morgan fingerprint density at radius 2 is 2.16 bits per heavy atom. The lowest BCUT2D eigenvalue weighted by Gasteiger charge is -2.20. The summed E-state index contributed by atoms with van der Waals surface area (Å²) in [6.45, 7) is 6.32. The summed E-state index contributed by atoms with van der Waals surface area (Å²) >= 11 is 0. The van der Waals surface area contributed by atoms with Crippen molar-refractivity contribution in [2.45, 2.75) is 26.2 Å². The van der Waals surface area contributed by atoms with Crippen LogP contribution in [0.25, 0.3) is 16.7 Å². The zero-order valence-electron chi connectivity index (χ0n) is 14.6. The third kappa shape index (κ3) is 3.73. The molecule has 0 fully saturated rings. The van der Waals surface area contributed by atoms with Gasteiger partial charge in [-0.3, -0.25) is 8.96 Å². The fraction of sp³-hybridized carbons (Fsp3) is 0.286. The SMILES string of the molecule is C=C/C=C(/C1=CC=C(NCCCF)CC1)n1c(C)nc2ccccc21. The summed E-state index contributed by atoms with van der Waals surface area (Å²) in [6, 6.07) is 8.17. The van der Waals surface area contributed by atoms with E-state index in [1.807, 2.05) is 37.3 Å². The normalized spacial score (nSPS) is 15.0. The van der Waals surface area contributed by atoms with Crippen LogP contribution in [0, 0.1) is 6.92 Å². The predicted octanol–water partition coefficient (Wildman–Crippen LogP) is 4.92. The molecular formula is C21H24FN3. The second-order valence-electron chi connectivity index (χ2n) is 6.12. The molecule has 0 radical (unpaired) electrons. The van der Waals surface area contributed by atoms with Crippen molar-refractivity contribution in [3.05, 3.63) is 72.2 Å². The molecule has 2 aromatic rings. The first kappa shape index (κ1) is 17.2. The Bertz CT molecular complexity index is 855. The van der Waals surface area contributed by atoms with Crippen molar-refractivity contribution >= 4 is 16.7 Å². The van der Waals surface area contributed by atoms with Gasteiger partial charge in [0.15, 0.2) is 0 Å². The van der Waals surface area contributed by atoms with Crippen LogP contribution in [0.2, 0.25) is 0 Å². The van der Waals surface area contributed by atoms with Crippen LogP contribution in [-0.4, -0.2) is 22.8 Å². The van der Waals surface area contributed by atoms with Gasteiger partial charge in [0.25, 0.3) is 0 Å². The number of aromatic nitrogens is 2. The lowest BCUT2D eigenvalue weighted by molar-refractivity contribution is 0.465. The molecule has 1 aliphatic carbocycles. The highest BCUT2D eigenvalue weighted by atomic mass is 19.1. The van der Waals surface area contributed by atoms with Crippen LogP contribution in [0.15, 0.2) is 66.4 Å². The topological polar surface area (TPSA) is 29.9 Å². The quantitative estimate of drug-likeness (QED) is 0.574. The summed E-state index contributed by atoms with van der Waals surface area (Å²) in [6.07, 6.45) is 10.5. The molecule has 1 aromatic carbocycles. The van der Waals surface area contributed by atoms with E-state index in [1.54, 1.807) is 0 Å². The number of nitrogens with zero attached hydrogens (tertiary/aromatic N) is 2. The molecule has 0 bridgehead atoms. The van der Waals surface area contributed by atoms with E-state index < -0.39 is 0 Å². The number of benzene rings is 1. The maximum Gasteiger partial charge on any atom is 0.111 e. The van der Waals surface area contributed by atoms with E-state index in [0.29, 0.717) is 13.0 Å². The van der Waals surface area contributed by atoms with Crippen molar-refractivity contribution in [1.82, 2.24) is 14.9 Å². The highest BCUT2D eigenvalue weighted by molar-refractivity contribution is 5.83. The average Bonchev–Trinajstić information content (AvgIpc) is 2.96. The lowest BCUT2D eigenvalue weighted by atomic mass is 9.98. The number of aryl methyl sites for hydroxylation is 1. The molecule has 1 N–H and O–H groups in total. The molecule has 0 unspecified atom stereocenters. The lowest BCUT2D eigenvalue weighted by Crippen LogP contribution is -2.17. The second-order valence-corrected chi connectivity index (χ2v) is 6.12. The molecule has 0 amide bonds. The maximum absolute atomic E-state index is 12.2. The van der Waals surface area contributed by atoms with Crippen molar-refractivity contribution in [2.75, 3.05) is 13.2 Å². The largest absolute Gasteiger partial charge is 0.388 e. The zero-order valence-corrected chi connectivity index (χ0v) is 14.6. The molecule has 3 rings (SSSR count). The third-order valence-corrected chi connectivity index (χ3v) is 4.39. The smallest absolute Gasteiger partial charge is 0.111 e. The molecule has 130 valence electrons. The maximum atomic E-state index is 12.2. The summed E-state index contributed by atoms with van der Waals surface area (Å²) in [5.74, 6) is 0.964. The van der Waals surface area contributed by atoms with Gasteiger partial charge in [0.1, 0.15) is 5.82 Å². The Hall–Kier alpha value is -2.62. The van der Waals surface area contributed by atoms with Gasteiger partial charge in [-0.05, 0) is 56.0 Å². The molecule has 3 nitrogen and oxygen atoms in total. The number of hydrogen-bond donors (Lipinski definition) is 1. The number of alkyl halides is 1. The van der Waals surface area contributed by atoms with E-state index in [0.717, 1.165) is 35.4 Å². The van der Waals surface area contributed by atoms with E-state index >= 15 is 0 Å². The minimum absolute atomic E-state index is 0.277. The van der Waals surface area contributed by atoms with Crippen molar-refractivity contribution in [1.29, 1.82) is 0 Å². The number of para-hydroxylation sites is 2. The molecule has 0 saturated heterocycles. The Morgan fingerprint density at radius 3 is 2.88 bits per heavy atom. The van der Waals surface area contributed by atoms with E-state index in [1.165, 1.54) is 11.3 Å². The van der Waals surface area contributed by atoms with Gasteiger partial charge in [0, 0.05) is 12.2 Å². The van der Waals surface area contributed by atoms with Gasteiger partial charge in [-0.2, -0.15) is 0 Å². The number of nitrogens with one attached hydrogen (secondary N) is 1. The summed E-state index contributed by atoms with van der Waals surface area (Å²) in [7, 11) is 0. The highest BCUT2D eigenvalue weighted by Crippen LogP contribution is 2.30. The van der Waals surface area contributed by atoms with Crippen molar-refractivity contribution in [2.24, 2.45) is 0 Å². The molecule has 1 aliphatic rings. The number of fused-ring (bicyclic) bond motifs is 1. The standard InChI is InChI=1S/C21H24FN3/c1-3-7-20(17-10-12-18(13-11-17)23-15-6-14-22)25-16(2)24-19-8-4-5-9-21(19)25/h3-5,7-10,12,23H,1,6,11,13-15H2,2H3/b20-7-. The number of allylic oxidation sites excluding steroid dienone is 7. The van der Waals surface area contributed by atoms with E-state index in [9.17, 15) is 4.39 Å². The second kappa shape index (κ2) is 7.97. The zero-order chi connectivity index (χ0) is 17.6. The van der Waals surface area contributed by atoms with Gasteiger partial charge in [-0.25, -0.2) is 4.98 Å². The highest BCUT2D eigenvalue weighted by Gasteiger charge is 2.16. The van der Waals surface area contributed by atoms with Crippen LogP contribution in [0.1, 0.15) is 25.1 Å². The molecule has 4 heteroatoms. The van der Waals surface area contributed by atoms with Gasteiger partial charge >= 0.3 is 0 Å².